The highest BCUT2D eigenvalue weighted by atomic mass is 32.2. The molecule has 0 aliphatic carbocycles. The van der Waals surface area contributed by atoms with E-state index < -0.39 is 71.7 Å². The molecule has 3 rings (SSSR count). The van der Waals surface area contributed by atoms with Crippen LogP contribution in [-0.2, 0) is 39.6 Å². The van der Waals surface area contributed by atoms with Crippen molar-refractivity contribution in [3.05, 3.63) is 22.8 Å². The van der Waals surface area contributed by atoms with E-state index in [-0.39, 0.29) is 36.4 Å². The quantitative estimate of drug-likeness (QED) is 0.527. The number of hydrogen-bond acceptors (Lipinski definition) is 7. The number of aromatic nitrogens is 2. The van der Waals surface area contributed by atoms with Gasteiger partial charge in [-0.15, -0.1) is 11.8 Å². The molecule has 1 N–H and O–H groups in total. The number of nitrogens with one attached hydrogen (secondary N) is 1. The van der Waals surface area contributed by atoms with Crippen molar-refractivity contribution in [3.63, 3.8) is 0 Å². The largest absolute Gasteiger partial charge is 0.451 e. The molecule has 218 valence electrons. The monoisotopic (exact) mass is 585 g/mol. The SMILES string of the molecule is CC1CN(C[C@H](CC(=O)N2CCc3c(nc(C(F)(F)F)nc3C(F)(F)F)C2)NC(=O)OC(C)(C)C)C(=O)CS1. The van der Waals surface area contributed by atoms with Crippen LogP contribution in [-0.4, -0.2) is 80.0 Å². The van der Waals surface area contributed by atoms with Gasteiger partial charge >= 0.3 is 18.4 Å². The van der Waals surface area contributed by atoms with Gasteiger partial charge in [-0.05, 0) is 27.2 Å². The van der Waals surface area contributed by atoms with Gasteiger partial charge in [0, 0.05) is 36.9 Å². The lowest BCUT2D eigenvalue weighted by atomic mass is 10.0. The van der Waals surface area contributed by atoms with Gasteiger partial charge in [0.25, 0.3) is 0 Å². The van der Waals surface area contributed by atoms with Crippen molar-refractivity contribution < 1.29 is 45.5 Å². The number of carbonyl (C=O) groups is 3. The van der Waals surface area contributed by atoms with Gasteiger partial charge in [-0.3, -0.25) is 9.59 Å². The molecular weight excluding hydrogens is 556 g/mol. The second-order valence-corrected chi connectivity index (χ2v) is 11.8. The maximum absolute atomic E-state index is 13.5. The summed E-state index contributed by atoms with van der Waals surface area (Å²) in [6, 6.07) is -0.921. The summed E-state index contributed by atoms with van der Waals surface area (Å²) in [6.45, 7) is 6.35. The van der Waals surface area contributed by atoms with Gasteiger partial charge in [0.1, 0.15) is 5.60 Å². The van der Waals surface area contributed by atoms with Crippen molar-refractivity contribution in [3.8, 4) is 0 Å². The van der Waals surface area contributed by atoms with E-state index in [1.54, 1.807) is 20.8 Å². The highest BCUT2D eigenvalue weighted by Gasteiger charge is 2.44. The Hall–Kier alpha value is -2.78. The number of nitrogens with zero attached hydrogens (tertiary/aromatic N) is 4. The van der Waals surface area contributed by atoms with Crippen molar-refractivity contribution in [1.82, 2.24) is 25.1 Å². The van der Waals surface area contributed by atoms with E-state index in [1.807, 2.05) is 6.92 Å². The number of halogens is 6. The first-order chi connectivity index (χ1) is 17.8. The van der Waals surface area contributed by atoms with E-state index in [0.29, 0.717) is 6.54 Å². The minimum Gasteiger partial charge on any atom is -0.444 e. The summed E-state index contributed by atoms with van der Waals surface area (Å²) < 4.78 is 85.3. The lowest BCUT2D eigenvalue weighted by Crippen LogP contribution is -2.52. The molecule has 0 bridgehead atoms. The van der Waals surface area contributed by atoms with Crippen molar-refractivity contribution in [1.29, 1.82) is 0 Å². The minimum atomic E-state index is -5.22. The van der Waals surface area contributed by atoms with Crippen LogP contribution in [0.4, 0.5) is 31.1 Å². The van der Waals surface area contributed by atoms with E-state index >= 15 is 0 Å². The summed E-state index contributed by atoms with van der Waals surface area (Å²) in [7, 11) is 0. The Bertz CT molecular complexity index is 1110. The fourth-order valence-corrected chi connectivity index (χ4v) is 5.09. The lowest BCUT2D eigenvalue weighted by Gasteiger charge is -2.35. The average molecular weight is 586 g/mol. The van der Waals surface area contributed by atoms with E-state index in [0.717, 1.165) is 4.90 Å². The minimum absolute atomic E-state index is 0.0300. The van der Waals surface area contributed by atoms with Gasteiger partial charge in [-0.25, -0.2) is 14.8 Å². The van der Waals surface area contributed by atoms with Crippen molar-refractivity contribution in [2.24, 2.45) is 0 Å². The fraction of sp³-hybridized carbons (Fsp3) is 0.696. The second kappa shape index (κ2) is 11.4. The number of ether oxygens (including phenoxy) is 1. The summed E-state index contributed by atoms with van der Waals surface area (Å²) in [5, 5.41) is 2.69. The first-order valence-corrected chi connectivity index (χ1v) is 13.1. The van der Waals surface area contributed by atoms with Gasteiger partial charge in [0.15, 0.2) is 5.69 Å². The van der Waals surface area contributed by atoms with Crippen LogP contribution in [0.15, 0.2) is 0 Å². The van der Waals surface area contributed by atoms with Gasteiger partial charge < -0.3 is 19.9 Å². The molecule has 2 aliphatic heterocycles. The fourth-order valence-electron chi connectivity index (χ4n) is 4.19. The van der Waals surface area contributed by atoms with Crippen LogP contribution in [0, 0.1) is 0 Å². The molecule has 1 unspecified atom stereocenters. The van der Waals surface area contributed by atoms with E-state index in [1.165, 1.54) is 16.7 Å². The number of hydrogen-bond donors (Lipinski definition) is 1. The molecule has 1 aromatic rings. The van der Waals surface area contributed by atoms with E-state index in [9.17, 15) is 40.7 Å². The van der Waals surface area contributed by atoms with Crippen LogP contribution in [0.25, 0.3) is 0 Å². The second-order valence-electron chi connectivity index (χ2n) is 10.3. The van der Waals surface area contributed by atoms with Gasteiger partial charge in [0.2, 0.25) is 17.6 Å². The van der Waals surface area contributed by atoms with Gasteiger partial charge in [-0.2, -0.15) is 26.3 Å². The highest BCUT2D eigenvalue weighted by Crippen LogP contribution is 2.36. The number of rotatable bonds is 5. The van der Waals surface area contributed by atoms with Crippen LogP contribution in [0.5, 0.6) is 0 Å². The standard InChI is InChI=1S/C23H29F6N5O4S/c1-12-8-34(17(36)11-39-12)9-13(30-20(37)38-21(2,3)4)7-16(35)33-6-5-14-15(10-33)31-19(23(27,28)29)32-18(14)22(24,25)26/h12-13H,5-11H2,1-4H3,(H,30,37)/t12?,13-/m0/s1. The first-order valence-electron chi connectivity index (χ1n) is 12.0. The van der Waals surface area contributed by atoms with Crippen LogP contribution in [0.2, 0.25) is 0 Å². The molecule has 1 fully saturated rings. The number of fused-ring (bicyclic) bond motifs is 1. The Balaban J connectivity index is 1.82. The molecule has 39 heavy (non-hydrogen) atoms. The third-order valence-electron chi connectivity index (χ3n) is 5.84. The normalized spacial score (nSPS) is 19.4. The zero-order chi connectivity index (χ0) is 29.3. The summed E-state index contributed by atoms with van der Waals surface area (Å²) in [5.41, 5.74) is -3.56. The third-order valence-corrected chi connectivity index (χ3v) is 6.98. The van der Waals surface area contributed by atoms with E-state index in [4.69, 9.17) is 4.74 Å². The molecule has 1 saturated heterocycles. The van der Waals surface area contributed by atoms with Crippen LogP contribution in [0.3, 0.4) is 0 Å². The van der Waals surface area contributed by atoms with Crippen molar-refractivity contribution in [2.45, 2.75) is 76.3 Å². The van der Waals surface area contributed by atoms with Crippen LogP contribution >= 0.6 is 11.8 Å². The number of amides is 3. The molecule has 0 spiro atoms. The maximum Gasteiger partial charge on any atom is 0.451 e. The topological polar surface area (TPSA) is 105 Å². The molecule has 3 heterocycles. The highest BCUT2D eigenvalue weighted by molar-refractivity contribution is 8.00. The lowest BCUT2D eigenvalue weighted by molar-refractivity contribution is -0.153. The Morgan fingerprint density at radius 2 is 1.79 bits per heavy atom. The molecule has 0 radical (unpaired) electrons. The summed E-state index contributed by atoms with van der Waals surface area (Å²) in [4.78, 5) is 46.6. The Kier molecular flexibility index (Phi) is 8.97. The van der Waals surface area contributed by atoms with Crippen LogP contribution < -0.4 is 5.32 Å². The Morgan fingerprint density at radius 3 is 2.38 bits per heavy atom. The summed E-state index contributed by atoms with van der Waals surface area (Å²) >= 11 is 1.46. The first kappa shape index (κ1) is 30.8. The van der Waals surface area contributed by atoms with Gasteiger partial charge in [0.05, 0.1) is 24.0 Å². The predicted molar refractivity (Wildman–Crippen MR) is 127 cm³/mol. The van der Waals surface area contributed by atoms with Crippen molar-refractivity contribution in [2.75, 3.05) is 25.4 Å². The zero-order valence-electron chi connectivity index (χ0n) is 21.7. The third kappa shape index (κ3) is 8.35. The smallest absolute Gasteiger partial charge is 0.444 e. The molecule has 9 nitrogen and oxygen atoms in total. The summed E-state index contributed by atoms with van der Waals surface area (Å²) in [5.74, 6) is -2.55. The number of alkyl carbamates (subject to hydrolysis) is 1. The predicted octanol–water partition coefficient (Wildman–Crippen LogP) is 3.65. The summed E-state index contributed by atoms with van der Waals surface area (Å²) in [6.07, 6.45) is -12.0. The Morgan fingerprint density at radius 1 is 1.13 bits per heavy atom. The number of alkyl halides is 6. The Labute approximate surface area is 225 Å². The molecule has 0 saturated carbocycles. The molecule has 2 atom stereocenters. The molecule has 16 heteroatoms. The molecule has 0 aromatic carbocycles. The number of carbonyl (C=O) groups excluding carboxylic acids is 3. The van der Waals surface area contributed by atoms with Gasteiger partial charge in [-0.1, -0.05) is 6.92 Å². The maximum atomic E-state index is 13.5. The average Bonchev–Trinajstić information content (AvgIpc) is 2.77. The molecular formula is C23H29F6N5O4S. The number of thioether (sulfide) groups is 1. The van der Waals surface area contributed by atoms with E-state index in [2.05, 4.69) is 15.3 Å². The van der Waals surface area contributed by atoms with Crippen LogP contribution in [0.1, 0.15) is 56.9 Å². The molecule has 1 aromatic heterocycles. The zero-order valence-corrected chi connectivity index (χ0v) is 22.5. The molecule has 2 aliphatic rings. The van der Waals surface area contributed by atoms with Crippen molar-refractivity contribution >= 4 is 29.7 Å². The molecule has 3 amide bonds.